The minimum Gasteiger partial charge on any atom is -0.392 e. The third kappa shape index (κ3) is 3.02. The fraction of sp³-hybridized carbons (Fsp3) is 0.600. The molecule has 3 rings (SSSR count). The number of hydrogen-bond donors (Lipinski definition) is 3. The zero-order chi connectivity index (χ0) is 15.0. The highest BCUT2D eigenvalue weighted by Crippen LogP contribution is 2.35. The van der Waals surface area contributed by atoms with Crippen LogP contribution in [0.2, 0.25) is 0 Å². The third-order valence-electron chi connectivity index (χ3n) is 3.95. The van der Waals surface area contributed by atoms with Gasteiger partial charge >= 0.3 is 0 Å². The van der Waals surface area contributed by atoms with Gasteiger partial charge in [0, 0.05) is 11.4 Å². The molecule has 1 aliphatic rings. The van der Waals surface area contributed by atoms with Gasteiger partial charge in [-0.2, -0.15) is 0 Å². The number of H-pyrrole nitrogens is 1. The number of hydrogen-bond acceptors (Lipinski definition) is 5. The molecular formula is C15H21N3O2S. The minimum atomic E-state index is -0.406. The Morgan fingerprint density at radius 1 is 1.57 bits per heavy atom. The summed E-state index contributed by atoms with van der Waals surface area (Å²) in [5.41, 5.74) is 1.19. The van der Waals surface area contributed by atoms with Crippen molar-refractivity contribution in [3.63, 3.8) is 0 Å². The number of thiophene rings is 1. The van der Waals surface area contributed by atoms with Crippen molar-refractivity contribution in [1.29, 1.82) is 0 Å². The van der Waals surface area contributed by atoms with Gasteiger partial charge in [0.1, 0.15) is 10.7 Å². The molecule has 0 saturated carbocycles. The molecule has 2 atom stereocenters. The van der Waals surface area contributed by atoms with Gasteiger partial charge in [-0.1, -0.05) is 6.92 Å². The van der Waals surface area contributed by atoms with Crippen molar-refractivity contribution in [2.24, 2.45) is 5.92 Å². The molecule has 0 spiro atoms. The molecule has 6 heteroatoms. The summed E-state index contributed by atoms with van der Waals surface area (Å²) in [4.78, 5) is 22.0. The number of aliphatic hydroxyl groups excluding tert-OH is 1. The standard InChI is InChI=1S/C15H21N3O2S/c1-8-3-4-10-11(5-8)21-15-13(10)14(20)17-12(18-15)7-16-6-9(2)19/h8-9,16,19H,3-7H2,1-2H3,(H,17,18,20). The molecule has 1 aliphatic carbocycles. The number of aryl methyl sites for hydroxylation is 1. The van der Waals surface area contributed by atoms with E-state index in [0.717, 1.165) is 29.5 Å². The molecule has 114 valence electrons. The SMILES string of the molecule is CC(O)CNCc1nc2sc3c(c2c(=O)[nH]1)CCC(C)C3. The first-order valence-corrected chi connectivity index (χ1v) is 8.28. The summed E-state index contributed by atoms with van der Waals surface area (Å²) in [5.74, 6) is 1.33. The smallest absolute Gasteiger partial charge is 0.259 e. The van der Waals surface area contributed by atoms with Crippen LogP contribution in [-0.4, -0.2) is 27.7 Å². The summed E-state index contributed by atoms with van der Waals surface area (Å²) >= 11 is 1.66. The van der Waals surface area contributed by atoms with E-state index in [4.69, 9.17) is 0 Å². The highest BCUT2D eigenvalue weighted by molar-refractivity contribution is 7.18. The minimum absolute atomic E-state index is 0.0269. The molecule has 0 aliphatic heterocycles. The van der Waals surface area contributed by atoms with Crippen molar-refractivity contribution in [3.8, 4) is 0 Å². The molecule has 0 aromatic carbocycles. The van der Waals surface area contributed by atoms with Crippen LogP contribution in [0.15, 0.2) is 4.79 Å². The van der Waals surface area contributed by atoms with E-state index in [1.165, 1.54) is 10.4 Å². The number of nitrogens with one attached hydrogen (secondary N) is 2. The van der Waals surface area contributed by atoms with Crippen LogP contribution in [0.5, 0.6) is 0 Å². The van der Waals surface area contributed by atoms with Gasteiger partial charge in [-0.3, -0.25) is 4.79 Å². The molecule has 0 bridgehead atoms. The Morgan fingerprint density at radius 3 is 3.14 bits per heavy atom. The van der Waals surface area contributed by atoms with Crippen molar-refractivity contribution in [1.82, 2.24) is 15.3 Å². The maximum absolute atomic E-state index is 12.3. The summed E-state index contributed by atoms with van der Waals surface area (Å²) in [6, 6.07) is 0. The maximum atomic E-state index is 12.3. The van der Waals surface area contributed by atoms with E-state index < -0.39 is 6.10 Å². The van der Waals surface area contributed by atoms with E-state index in [9.17, 15) is 9.90 Å². The molecule has 21 heavy (non-hydrogen) atoms. The summed E-state index contributed by atoms with van der Waals surface area (Å²) in [5, 5.41) is 13.1. The van der Waals surface area contributed by atoms with Crippen LogP contribution < -0.4 is 10.9 Å². The topological polar surface area (TPSA) is 78.0 Å². The molecule has 0 radical (unpaired) electrons. The Bertz CT molecular complexity index is 705. The largest absolute Gasteiger partial charge is 0.392 e. The predicted molar refractivity (Wildman–Crippen MR) is 84.8 cm³/mol. The maximum Gasteiger partial charge on any atom is 0.259 e. The van der Waals surface area contributed by atoms with Crippen molar-refractivity contribution < 1.29 is 5.11 Å². The number of aromatic amines is 1. The van der Waals surface area contributed by atoms with Gasteiger partial charge in [-0.25, -0.2) is 4.98 Å². The van der Waals surface area contributed by atoms with Crippen molar-refractivity contribution >= 4 is 21.6 Å². The van der Waals surface area contributed by atoms with Crippen molar-refractivity contribution in [3.05, 3.63) is 26.6 Å². The Morgan fingerprint density at radius 2 is 2.38 bits per heavy atom. The lowest BCUT2D eigenvalue weighted by Crippen LogP contribution is -2.26. The highest BCUT2D eigenvalue weighted by Gasteiger charge is 2.22. The lowest BCUT2D eigenvalue weighted by Gasteiger charge is -2.17. The second kappa shape index (κ2) is 5.87. The van der Waals surface area contributed by atoms with Gasteiger partial charge in [0.15, 0.2) is 0 Å². The zero-order valence-corrected chi connectivity index (χ0v) is 13.2. The van der Waals surface area contributed by atoms with Gasteiger partial charge in [0.25, 0.3) is 5.56 Å². The molecular weight excluding hydrogens is 286 g/mol. The summed E-state index contributed by atoms with van der Waals surface area (Å²) in [6.07, 6.45) is 2.79. The number of fused-ring (bicyclic) bond motifs is 3. The molecule has 2 aromatic heterocycles. The zero-order valence-electron chi connectivity index (χ0n) is 12.4. The predicted octanol–water partition coefficient (Wildman–Crippen LogP) is 1.58. The number of rotatable bonds is 4. The summed E-state index contributed by atoms with van der Waals surface area (Å²) < 4.78 is 0. The monoisotopic (exact) mass is 307 g/mol. The first-order valence-electron chi connectivity index (χ1n) is 7.46. The molecule has 0 fully saturated rings. The molecule has 2 unspecified atom stereocenters. The van der Waals surface area contributed by atoms with Gasteiger partial charge in [0.05, 0.1) is 18.0 Å². The van der Waals surface area contributed by atoms with E-state index in [1.807, 2.05) is 0 Å². The van der Waals surface area contributed by atoms with Crippen LogP contribution in [0, 0.1) is 5.92 Å². The van der Waals surface area contributed by atoms with Crippen LogP contribution >= 0.6 is 11.3 Å². The van der Waals surface area contributed by atoms with Gasteiger partial charge in [-0.05, 0) is 37.7 Å². The quantitative estimate of drug-likeness (QED) is 0.801. The molecule has 0 amide bonds. The Balaban J connectivity index is 1.92. The number of aromatic nitrogens is 2. The normalized spacial score (nSPS) is 19.7. The van der Waals surface area contributed by atoms with Gasteiger partial charge in [-0.15, -0.1) is 11.3 Å². The third-order valence-corrected chi connectivity index (χ3v) is 5.09. The summed E-state index contributed by atoms with van der Waals surface area (Å²) in [7, 11) is 0. The molecule has 3 N–H and O–H groups in total. The van der Waals surface area contributed by atoms with Crippen LogP contribution in [0.4, 0.5) is 0 Å². The first kappa shape index (κ1) is 14.7. The molecule has 0 saturated heterocycles. The van der Waals surface area contributed by atoms with Crippen LogP contribution in [0.3, 0.4) is 0 Å². The Kier molecular flexibility index (Phi) is 4.10. The van der Waals surface area contributed by atoms with Gasteiger partial charge < -0.3 is 15.4 Å². The molecule has 5 nitrogen and oxygen atoms in total. The molecule has 2 aromatic rings. The highest BCUT2D eigenvalue weighted by atomic mass is 32.1. The van der Waals surface area contributed by atoms with Crippen molar-refractivity contribution in [2.45, 2.75) is 45.8 Å². The summed E-state index contributed by atoms with van der Waals surface area (Å²) in [6.45, 7) is 4.94. The first-order chi connectivity index (χ1) is 10.0. The number of aliphatic hydroxyl groups is 1. The van der Waals surface area contributed by atoms with E-state index in [0.29, 0.717) is 24.8 Å². The average Bonchev–Trinajstić information content (AvgIpc) is 2.75. The lowest BCUT2D eigenvalue weighted by atomic mass is 9.89. The lowest BCUT2D eigenvalue weighted by molar-refractivity contribution is 0.190. The Hall–Kier alpha value is -1.24. The van der Waals surface area contributed by atoms with E-state index >= 15 is 0 Å². The second-order valence-corrected chi connectivity index (χ2v) is 7.11. The Labute approximate surface area is 127 Å². The van der Waals surface area contributed by atoms with E-state index in [2.05, 4.69) is 22.2 Å². The second-order valence-electron chi connectivity index (χ2n) is 6.02. The van der Waals surface area contributed by atoms with Crippen LogP contribution in [-0.2, 0) is 19.4 Å². The van der Waals surface area contributed by atoms with E-state index in [1.54, 1.807) is 18.3 Å². The van der Waals surface area contributed by atoms with Gasteiger partial charge in [0.2, 0.25) is 0 Å². The van der Waals surface area contributed by atoms with Crippen LogP contribution in [0.1, 0.15) is 36.5 Å². The van der Waals surface area contributed by atoms with Crippen LogP contribution in [0.25, 0.3) is 10.2 Å². The fourth-order valence-corrected chi connectivity index (χ4v) is 4.28. The molecule has 2 heterocycles. The number of nitrogens with zero attached hydrogens (tertiary/aromatic N) is 1. The fourth-order valence-electron chi connectivity index (χ4n) is 2.88. The average molecular weight is 307 g/mol. The van der Waals surface area contributed by atoms with Crippen molar-refractivity contribution in [2.75, 3.05) is 6.54 Å². The van der Waals surface area contributed by atoms with E-state index in [-0.39, 0.29) is 5.56 Å².